The first-order chi connectivity index (χ1) is 6.68. The van der Waals surface area contributed by atoms with E-state index in [1.54, 1.807) is 6.92 Å². The third-order valence-corrected chi connectivity index (χ3v) is 2.10. The molecule has 0 saturated heterocycles. The number of aryl methyl sites for hydroxylation is 1. The van der Waals surface area contributed by atoms with Crippen LogP contribution in [0.3, 0.4) is 0 Å². The summed E-state index contributed by atoms with van der Waals surface area (Å²) >= 11 is 0. The Morgan fingerprint density at radius 2 is 1.86 bits per heavy atom. The fraction of sp³-hybridized carbons (Fsp3) is 0.200. The molecule has 0 spiro atoms. The maximum Gasteiger partial charge on any atom is 0.239 e. The van der Waals surface area contributed by atoms with Gasteiger partial charge < -0.3 is 9.63 Å². The number of aromatic nitrogens is 2. The summed E-state index contributed by atoms with van der Waals surface area (Å²) in [6, 6.07) is 7.70. The fourth-order valence-electron chi connectivity index (χ4n) is 1.22. The molecule has 0 bridgehead atoms. The minimum absolute atomic E-state index is 0.398. The highest BCUT2D eigenvalue weighted by molar-refractivity contribution is 5.26. The van der Waals surface area contributed by atoms with E-state index >= 15 is 0 Å². The van der Waals surface area contributed by atoms with Crippen LogP contribution in [0.15, 0.2) is 28.8 Å². The molecule has 2 aromatic rings. The second kappa shape index (κ2) is 3.14. The zero-order valence-corrected chi connectivity index (χ0v) is 8.02. The van der Waals surface area contributed by atoms with Crippen molar-refractivity contribution in [3.8, 4) is 11.6 Å². The van der Waals surface area contributed by atoms with Gasteiger partial charge in [-0.1, -0.05) is 17.7 Å². The van der Waals surface area contributed by atoms with E-state index in [-0.39, 0.29) is 0 Å². The van der Waals surface area contributed by atoms with E-state index < -0.39 is 5.95 Å². The first-order valence-corrected chi connectivity index (χ1v) is 4.31. The molecule has 1 aromatic heterocycles. The average molecular weight is 190 g/mol. The Morgan fingerprint density at radius 3 is 2.36 bits per heavy atom. The summed E-state index contributed by atoms with van der Waals surface area (Å²) in [6.07, 6.45) is 0. The third kappa shape index (κ3) is 1.35. The molecule has 14 heavy (non-hydrogen) atoms. The molecule has 4 nitrogen and oxygen atoms in total. The van der Waals surface area contributed by atoms with E-state index in [9.17, 15) is 5.11 Å². The maximum atomic E-state index is 11.0. The van der Waals surface area contributed by atoms with Gasteiger partial charge >= 0.3 is 0 Å². The van der Waals surface area contributed by atoms with E-state index in [1.807, 2.05) is 31.2 Å². The van der Waals surface area contributed by atoms with E-state index in [0.29, 0.717) is 5.69 Å². The van der Waals surface area contributed by atoms with Gasteiger partial charge in [0.2, 0.25) is 11.4 Å². The lowest BCUT2D eigenvalue weighted by Crippen LogP contribution is -2.35. The molecule has 0 radical (unpaired) electrons. The van der Waals surface area contributed by atoms with Crippen LogP contribution in [0, 0.1) is 13.8 Å². The molecule has 0 fully saturated rings. The van der Waals surface area contributed by atoms with Crippen LogP contribution in [0.5, 0.6) is 5.95 Å². The molecule has 0 aliphatic heterocycles. The first kappa shape index (κ1) is 8.74. The minimum Gasteiger partial charge on any atom is -0.539 e. The van der Waals surface area contributed by atoms with Crippen molar-refractivity contribution in [3.05, 3.63) is 35.5 Å². The Bertz CT molecular complexity index is 446. The monoisotopic (exact) mass is 190 g/mol. The third-order valence-electron chi connectivity index (χ3n) is 2.10. The topological polar surface area (TPSA) is 53.0 Å². The van der Waals surface area contributed by atoms with Crippen molar-refractivity contribution in [1.82, 2.24) is 5.27 Å². The number of nitrogens with zero attached hydrogens (tertiary/aromatic N) is 2. The number of benzene rings is 1. The van der Waals surface area contributed by atoms with Gasteiger partial charge in [0.15, 0.2) is 5.95 Å². The Kier molecular flexibility index (Phi) is 1.96. The van der Waals surface area contributed by atoms with Gasteiger partial charge in [-0.05, 0) is 11.6 Å². The standard InChI is InChI=1S/C10H10N2O2/c1-7-3-5-9(6-4-7)12-8(2)10(13)14-11-12/h3-6H,1-2H3. The zero-order valence-electron chi connectivity index (χ0n) is 8.02. The Labute approximate surface area is 81.4 Å². The molecule has 0 unspecified atom stereocenters. The Hall–Kier alpha value is -1.84. The van der Waals surface area contributed by atoms with Crippen molar-refractivity contribution < 1.29 is 14.3 Å². The molecular formula is C10H10N2O2. The van der Waals surface area contributed by atoms with Crippen molar-refractivity contribution in [2.75, 3.05) is 0 Å². The van der Waals surface area contributed by atoms with E-state index in [0.717, 1.165) is 11.3 Å². The van der Waals surface area contributed by atoms with Gasteiger partial charge in [0.25, 0.3) is 0 Å². The summed E-state index contributed by atoms with van der Waals surface area (Å²) in [4.78, 5) is 0. The Morgan fingerprint density at radius 1 is 1.21 bits per heavy atom. The predicted molar refractivity (Wildman–Crippen MR) is 47.0 cm³/mol. The molecule has 0 atom stereocenters. The molecule has 72 valence electrons. The van der Waals surface area contributed by atoms with Gasteiger partial charge in [-0.3, -0.25) is 0 Å². The van der Waals surface area contributed by atoms with Crippen LogP contribution in [0.1, 0.15) is 11.3 Å². The van der Waals surface area contributed by atoms with Crippen molar-refractivity contribution in [2.45, 2.75) is 13.8 Å². The summed E-state index contributed by atoms with van der Waals surface area (Å²) < 4.78 is 6.03. The summed E-state index contributed by atoms with van der Waals surface area (Å²) in [5.74, 6) is -0.398. The SMILES string of the molecule is Cc1ccc(-[n+]2noc([O-])c2C)cc1. The number of hydrogen-bond donors (Lipinski definition) is 0. The van der Waals surface area contributed by atoms with Crippen LogP contribution in [-0.4, -0.2) is 5.27 Å². The van der Waals surface area contributed by atoms with Crippen molar-refractivity contribution in [3.63, 3.8) is 0 Å². The summed E-state index contributed by atoms with van der Waals surface area (Å²) in [6.45, 7) is 3.68. The van der Waals surface area contributed by atoms with E-state index in [4.69, 9.17) is 0 Å². The van der Waals surface area contributed by atoms with Crippen molar-refractivity contribution in [2.24, 2.45) is 0 Å². The minimum atomic E-state index is -0.398. The molecule has 0 amide bonds. The van der Waals surface area contributed by atoms with Gasteiger partial charge in [0.1, 0.15) is 0 Å². The molecule has 0 aliphatic rings. The fourth-order valence-corrected chi connectivity index (χ4v) is 1.22. The van der Waals surface area contributed by atoms with Gasteiger partial charge in [-0.15, -0.1) is 0 Å². The predicted octanol–water partition coefficient (Wildman–Crippen LogP) is 0.642. The highest BCUT2D eigenvalue weighted by Gasteiger charge is 2.14. The van der Waals surface area contributed by atoms with Crippen LogP contribution in [0.2, 0.25) is 0 Å². The van der Waals surface area contributed by atoms with Crippen LogP contribution < -0.4 is 9.79 Å². The van der Waals surface area contributed by atoms with E-state index in [1.165, 1.54) is 4.68 Å². The lowest BCUT2D eigenvalue weighted by Gasteiger charge is -1.92. The quantitative estimate of drug-likeness (QED) is 0.620. The lowest BCUT2D eigenvalue weighted by molar-refractivity contribution is -0.676. The molecule has 0 saturated carbocycles. The summed E-state index contributed by atoms with van der Waals surface area (Å²) in [7, 11) is 0. The molecule has 2 rings (SSSR count). The van der Waals surface area contributed by atoms with Crippen LogP contribution in [0.4, 0.5) is 0 Å². The van der Waals surface area contributed by atoms with Crippen LogP contribution in [-0.2, 0) is 0 Å². The normalized spacial score (nSPS) is 10.4. The van der Waals surface area contributed by atoms with E-state index in [2.05, 4.69) is 9.79 Å². The van der Waals surface area contributed by atoms with Gasteiger partial charge in [0, 0.05) is 19.1 Å². The zero-order chi connectivity index (χ0) is 10.1. The molecule has 0 N–H and O–H groups in total. The smallest absolute Gasteiger partial charge is 0.239 e. The van der Waals surface area contributed by atoms with Gasteiger partial charge in [0.05, 0.1) is 5.27 Å². The molecule has 4 heteroatoms. The molecular weight excluding hydrogens is 180 g/mol. The first-order valence-electron chi connectivity index (χ1n) is 4.31. The molecule has 0 aliphatic carbocycles. The maximum absolute atomic E-state index is 11.0. The summed E-state index contributed by atoms with van der Waals surface area (Å²) in [5, 5.41) is 14.7. The van der Waals surface area contributed by atoms with Crippen molar-refractivity contribution in [1.29, 1.82) is 0 Å². The molecule has 1 heterocycles. The lowest BCUT2D eigenvalue weighted by atomic mass is 10.2. The van der Waals surface area contributed by atoms with Crippen molar-refractivity contribution >= 4 is 0 Å². The van der Waals surface area contributed by atoms with Gasteiger partial charge in [-0.25, -0.2) is 0 Å². The van der Waals surface area contributed by atoms with Crippen LogP contribution in [0.25, 0.3) is 5.69 Å². The highest BCUT2D eigenvalue weighted by atomic mass is 16.6. The Balaban J connectivity index is 2.49. The molecule has 1 aromatic carbocycles. The average Bonchev–Trinajstić information content (AvgIpc) is 2.50. The largest absolute Gasteiger partial charge is 0.539 e. The summed E-state index contributed by atoms with van der Waals surface area (Å²) in [5.41, 5.74) is 2.48. The number of rotatable bonds is 1. The second-order valence-electron chi connectivity index (χ2n) is 3.19. The highest BCUT2D eigenvalue weighted by Crippen LogP contribution is 2.08. The van der Waals surface area contributed by atoms with Crippen LogP contribution >= 0.6 is 0 Å². The number of hydrogen-bond acceptors (Lipinski definition) is 3. The van der Waals surface area contributed by atoms with Gasteiger partial charge in [-0.2, -0.15) is 0 Å². The second-order valence-corrected chi connectivity index (χ2v) is 3.19.